The number of carboxylic acid groups (broad SMARTS) is 1. The second kappa shape index (κ2) is 3.25. The van der Waals surface area contributed by atoms with Gasteiger partial charge in [-0.05, 0) is 28.1 Å². The molecule has 0 fully saturated rings. The van der Waals surface area contributed by atoms with Gasteiger partial charge in [0, 0.05) is 19.9 Å². The minimum absolute atomic E-state index is 0.00646. The van der Waals surface area contributed by atoms with Gasteiger partial charge >= 0.3 is 5.97 Å². The highest BCUT2D eigenvalue weighted by molar-refractivity contribution is 9.10. The number of hydrogen-bond acceptors (Lipinski definition) is 3. The van der Waals surface area contributed by atoms with Crippen molar-refractivity contribution in [3.63, 3.8) is 0 Å². The van der Waals surface area contributed by atoms with Gasteiger partial charge in [0.2, 0.25) is 0 Å². The zero-order chi connectivity index (χ0) is 10.3. The van der Waals surface area contributed by atoms with Crippen LogP contribution in [0, 0.1) is 0 Å². The molecule has 0 aliphatic carbocycles. The Labute approximate surface area is 91.7 Å². The van der Waals surface area contributed by atoms with Gasteiger partial charge < -0.3 is 10.2 Å². The van der Waals surface area contributed by atoms with Crippen molar-refractivity contribution in [3.8, 4) is 5.75 Å². The lowest BCUT2D eigenvalue weighted by Gasteiger charge is -1.98. The summed E-state index contributed by atoms with van der Waals surface area (Å²) in [7, 11) is 0. The molecule has 5 heteroatoms. The summed E-state index contributed by atoms with van der Waals surface area (Å²) in [6.45, 7) is 0. The second-order valence-electron chi connectivity index (χ2n) is 2.76. The Balaban J connectivity index is 2.80. The number of phenolic OH excluding ortho intramolecular Hbond substituents is 1. The third-order valence-corrected chi connectivity index (χ3v) is 3.71. The molecule has 0 amide bonds. The number of benzene rings is 1. The number of halogens is 1. The molecule has 2 rings (SSSR count). The molecular weight excluding hydrogens is 268 g/mol. The number of thiophene rings is 1. The summed E-state index contributed by atoms with van der Waals surface area (Å²) in [6.07, 6.45) is 0. The van der Waals surface area contributed by atoms with Crippen LogP contribution in [-0.2, 0) is 0 Å². The van der Waals surface area contributed by atoms with Gasteiger partial charge in [-0.25, -0.2) is 4.79 Å². The maximum atomic E-state index is 10.7. The van der Waals surface area contributed by atoms with Gasteiger partial charge in [-0.15, -0.1) is 11.3 Å². The van der Waals surface area contributed by atoms with Crippen LogP contribution in [0.3, 0.4) is 0 Å². The molecule has 2 N–H and O–H groups in total. The largest absolute Gasteiger partial charge is 0.507 e. The average Bonchev–Trinajstić information content (AvgIpc) is 2.48. The molecular formula is C9H5BrO3S. The Kier molecular flexibility index (Phi) is 2.20. The van der Waals surface area contributed by atoms with Crippen LogP contribution < -0.4 is 0 Å². The van der Waals surface area contributed by atoms with E-state index in [1.807, 2.05) is 5.38 Å². The van der Waals surface area contributed by atoms with Crippen LogP contribution in [0.1, 0.15) is 10.4 Å². The van der Waals surface area contributed by atoms with E-state index in [4.69, 9.17) is 5.11 Å². The maximum Gasteiger partial charge on any atom is 0.335 e. The molecule has 0 aliphatic rings. The molecule has 1 aromatic carbocycles. The third kappa shape index (κ3) is 1.38. The van der Waals surface area contributed by atoms with Crippen LogP contribution in [0.2, 0.25) is 0 Å². The predicted molar refractivity (Wildman–Crippen MR) is 58.1 cm³/mol. The van der Waals surface area contributed by atoms with Crippen molar-refractivity contribution in [1.82, 2.24) is 0 Å². The zero-order valence-electron chi connectivity index (χ0n) is 6.82. The minimum atomic E-state index is -1.04. The lowest BCUT2D eigenvalue weighted by atomic mass is 10.1. The van der Waals surface area contributed by atoms with Gasteiger partial charge in [0.05, 0.1) is 5.56 Å². The molecule has 0 radical (unpaired) electrons. The van der Waals surface area contributed by atoms with Gasteiger partial charge in [-0.3, -0.25) is 0 Å². The highest BCUT2D eigenvalue weighted by atomic mass is 79.9. The van der Waals surface area contributed by atoms with E-state index in [2.05, 4.69) is 15.9 Å². The normalized spacial score (nSPS) is 10.6. The van der Waals surface area contributed by atoms with Crippen molar-refractivity contribution in [1.29, 1.82) is 0 Å². The number of aromatic hydroxyl groups is 1. The van der Waals surface area contributed by atoms with Crippen molar-refractivity contribution < 1.29 is 15.0 Å². The topological polar surface area (TPSA) is 57.5 Å². The molecule has 0 bridgehead atoms. The maximum absolute atomic E-state index is 10.7. The molecule has 0 saturated carbocycles. The van der Waals surface area contributed by atoms with Crippen LogP contribution in [0.5, 0.6) is 5.75 Å². The highest BCUT2D eigenvalue weighted by Gasteiger charge is 2.11. The third-order valence-electron chi connectivity index (χ3n) is 1.86. The van der Waals surface area contributed by atoms with Crippen LogP contribution in [0.4, 0.5) is 0 Å². The molecule has 0 unspecified atom stereocenters. The fourth-order valence-electron chi connectivity index (χ4n) is 1.23. The first-order valence-electron chi connectivity index (χ1n) is 3.72. The molecule has 2 aromatic rings. The van der Waals surface area contributed by atoms with Gasteiger partial charge in [-0.1, -0.05) is 0 Å². The molecule has 72 valence electrons. The van der Waals surface area contributed by atoms with Crippen LogP contribution >= 0.6 is 27.3 Å². The number of phenols is 1. The molecule has 1 heterocycles. The molecule has 0 aliphatic heterocycles. The summed E-state index contributed by atoms with van der Waals surface area (Å²) < 4.78 is 1.54. The van der Waals surface area contributed by atoms with E-state index < -0.39 is 5.97 Å². The Hall–Kier alpha value is -1.07. The van der Waals surface area contributed by atoms with Gasteiger partial charge in [0.15, 0.2) is 0 Å². The van der Waals surface area contributed by atoms with Crippen LogP contribution in [0.15, 0.2) is 22.0 Å². The summed E-state index contributed by atoms with van der Waals surface area (Å²) in [5, 5.41) is 20.8. The summed E-state index contributed by atoms with van der Waals surface area (Å²) in [5.74, 6) is -1.04. The summed E-state index contributed by atoms with van der Waals surface area (Å²) in [5.41, 5.74) is 0.101. The van der Waals surface area contributed by atoms with Gasteiger partial charge in [-0.2, -0.15) is 0 Å². The Morgan fingerprint density at radius 3 is 2.79 bits per heavy atom. The molecule has 0 atom stereocenters. The number of carboxylic acids is 1. The van der Waals surface area contributed by atoms with Gasteiger partial charge in [0.25, 0.3) is 0 Å². The summed E-state index contributed by atoms with van der Waals surface area (Å²) in [6, 6.07) is 2.80. The van der Waals surface area contributed by atoms with Crippen LogP contribution in [-0.4, -0.2) is 16.2 Å². The van der Waals surface area contributed by atoms with Crippen molar-refractivity contribution in [2.45, 2.75) is 0 Å². The van der Waals surface area contributed by atoms with E-state index in [0.29, 0.717) is 5.39 Å². The second-order valence-corrected chi connectivity index (χ2v) is 4.52. The molecule has 14 heavy (non-hydrogen) atoms. The number of aromatic carboxylic acids is 1. The van der Waals surface area contributed by atoms with Crippen LogP contribution in [0.25, 0.3) is 10.1 Å². The lowest BCUT2D eigenvalue weighted by molar-refractivity contribution is 0.0696. The number of carbonyl (C=O) groups is 1. The molecule has 1 aromatic heterocycles. The van der Waals surface area contributed by atoms with E-state index in [1.54, 1.807) is 6.07 Å². The van der Waals surface area contributed by atoms with E-state index in [1.165, 1.54) is 17.4 Å². The fraction of sp³-hybridized carbons (Fsp3) is 0. The first-order chi connectivity index (χ1) is 6.59. The number of fused-ring (bicyclic) bond motifs is 1. The van der Waals surface area contributed by atoms with Crippen molar-refractivity contribution in [3.05, 3.63) is 27.5 Å². The Morgan fingerprint density at radius 2 is 2.14 bits per heavy atom. The van der Waals surface area contributed by atoms with E-state index in [-0.39, 0.29) is 11.3 Å². The molecule has 0 spiro atoms. The monoisotopic (exact) mass is 272 g/mol. The quantitative estimate of drug-likeness (QED) is 0.839. The Morgan fingerprint density at radius 1 is 1.43 bits per heavy atom. The number of hydrogen-bond donors (Lipinski definition) is 2. The summed E-state index contributed by atoms with van der Waals surface area (Å²) in [4.78, 5) is 10.7. The number of rotatable bonds is 1. The minimum Gasteiger partial charge on any atom is -0.507 e. The van der Waals surface area contributed by atoms with Crippen molar-refractivity contribution in [2.24, 2.45) is 0 Å². The van der Waals surface area contributed by atoms with Crippen molar-refractivity contribution >= 4 is 43.3 Å². The van der Waals surface area contributed by atoms with E-state index in [9.17, 15) is 9.90 Å². The van der Waals surface area contributed by atoms with E-state index in [0.717, 1.165) is 9.17 Å². The fourth-order valence-corrected chi connectivity index (χ4v) is 2.94. The van der Waals surface area contributed by atoms with Gasteiger partial charge in [0.1, 0.15) is 5.75 Å². The summed E-state index contributed by atoms with van der Waals surface area (Å²) >= 11 is 4.67. The smallest absolute Gasteiger partial charge is 0.335 e. The highest BCUT2D eigenvalue weighted by Crippen LogP contribution is 2.37. The molecule has 3 nitrogen and oxygen atoms in total. The Bertz CT molecular complexity index is 518. The lowest BCUT2D eigenvalue weighted by Crippen LogP contribution is -1.94. The predicted octanol–water partition coefficient (Wildman–Crippen LogP) is 3.07. The molecule has 0 saturated heterocycles. The SMILES string of the molecule is O=C(O)c1cc(O)c2c(Br)csc2c1. The zero-order valence-corrected chi connectivity index (χ0v) is 9.22. The van der Waals surface area contributed by atoms with E-state index >= 15 is 0 Å². The first-order valence-corrected chi connectivity index (χ1v) is 5.40. The standard InChI is InChI=1S/C9H5BrO3S/c10-5-3-14-7-2-4(9(12)13)1-6(11)8(5)7/h1-3,11H,(H,12,13). The average molecular weight is 273 g/mol. The van der Waals surface area contributed by atoms with Crippen molar-refractivity contribution in [2.75, 3.05) is 0 Å². The first kappa shape index (κ1) is 9.48.